The van der Waals surface area contributed by atoms with Crippen molar-refractivity contribution in [2.75, 3.05) is 11.9 Å². The number of carbonyl (C=O) groups excluding carboxylic acids is 2. The van der Waals surface area contributed by atoms with E-state index in [2.05, 4.69) is 26.0 Å². The standard InChI is InChI=1S/C16H12BrF2NO5/c17-9-1-6-13(21)12(7-9)15(23)24-8-14(22)20-10-2-4-11(5-3-10)25-16(18)19/h1-7,16,21H,8H2,(H,20,22). The molecule has 0 unspecified atom stereocenters. The fraction of sp³-hybridized carbons (Fsp3) is 0.125. The van der Waals surface area contributed by atoms with Crippen LogP contribution in [0.25, 0.3) is 0 Å². The number of hydrogen-bond donors (Lipinski definition) is 2. The number of carbonyl (C=O) groups is 2. The number of alkyl halides is 2. The predicted octanol–water partition coefficient (Wildman–Crippen LogP) is 3.55. The molecule has 0 atom stereocenters. The number of phenolic OH excluding ortho intramolecular Hbond substituents is 1. The molecule has 2 aromatic carbocycles. The fourth-order valence-electron chi connectivity index (χ4n) is 1.80. The molecule has 1 amide bonds. The molecule has 0 fully saturated rings. The summed E-state index contributed by atoms with van der Waals surface area (Å²) in [6.07, 6.45) is 0. The van der Waals surface area contributed by atoms with Gasteiger partial charge in [-0.25, -0.2) is 4.79 Å². The average Bonchev–Trinajstić information content (AvgIpc) is 2.56. The maximum Gasteiger partial charge on any atom is 0.387 e. The molecule has 0 saturated heterocycles. The lowest BCUT2D eigenvalue weighted by atomic mass is 10.2. The van der Waals surface area contributed by atoms with Crippen molar-refractivity contribution in [2.24, 2.45) is 0 Å². The van der Waals surface area contributed by atoms with Crippen LogP contribution < -0.4 is 10.1 Å². The van der Waals surface area contributed by atoms with Crippen molar-refractivity contribution in [3.63, 3.8) is 0 Å². The molecule has 9 heteroatoms. The summed E-state index contributed by atoms with van der Waals surface area (Å²) < 4.78 is 33.6. The fourth-order valence-corrected chi connectivity index (χ4v) is 2.16. The Morgan fingerprint density at radius 1 is 1.16 bits per heavy atom. The molecule has 132 valence electrons. The van der Waals surface area contributed by atoms with Crippen LogP contribution in [0.4, 0.5) is 14.5 Å². The van der Waals surface area contributed by atoms with Gasteiger partial charge >= 0.3 is 12.6 Å². The minimum Gasteiger partial charge on any atom is -0.507 e. The number of anilines is 1. The van der Waals surface area contributed by atoms with Gasteiger partial charge in [0.1, 0.15) is 17.1 Å². The minimum absolute atomic E-state index is 0.0513. The van der Waals surface area contributed by atoms with Crippen LogP contribution in [0.5, 0.6) is 11.5 Å². The third-order valence-electron chi connectivity index (χ3n) is 2.88. The summed E-state index contributed by atoms with van der Waals surface area (Å²) in [6.45, 7) is -3.52. The Bertz CT molecular complexity index is 768. The lowest BCUT2D eigenvalue weighted by Crippen LogP contribution is -2.21. The largest absolute Gasteiger partial charge is 0.507 e. The molecule has 0 aromatic heterocycles. The van der Waals surface area contributed by atoms with E-state index in [0.717, 1.165) is 0 Å². The highest BCUT2D eigenvalue weighted by atomic mass is 79.9. The zero-order valence-electron chi connectivity index (χ0n) is 12.5. The Morgan fingerprint density at radius 3 is 2.48 bits per heavy atom. The summed E-state index contributed by atoms with van der Waals surface area (Å²) in [5.41, 5.74) is 0.226. The van der Waals surface area contributed by atoms with Crippen molar-refractivity contribution in [3.05, 3.63) is 52.5 Å². The Kier molecular flexibility index (Phi) is 6.29. The van der Waals surface area contributed by atoms with E-state index >= 15 is 0 Å². The van der Waals surface area contributed by atoms with E-state index in [1.807, 2.05) is 0 Å². The van der Waals surface area contributed by atoms with E-state index < -0.39 is 25.1 Å². The van der Waals surface area contributed by atoms with Crippen LogP contribution in [0.2, 0.25) is 0 Å². The van der Waals surface area contributed by atoms with E-state index in [9.17, 15) is 23.5 Å². The van der Waals surface area contributed by atoms with Gasteiger partial charge < -0.3 is 19.9 Å². The van der Waals surface area contributed by atoms with Gasteiger partial charge in [0, 0.05) is 10.2 Å². The molecule has 0 aliphatic rings. The third-order valence-corrected chi connectivity index (χ3v) is 3.37. The van der Waals surface area contributed by atoms with Gasteiger partial charge in [-0.05, 0) is 42.5 Å². The number of amides is 1. The summed E-state index contributed by atoms with van der Waals surface area (Å²) in [5, 5.41) is 12.0. The number of esters is 1. The minimum atomic E-state index is -2.94. The molecule has 0 spiro atoms. The van der Waals surface area contributed by atoms with Crippen molar-refractivity contribution in [1.29, 1.82) is 0 Å². The van der Waals surface area contributed by atoms with Crippen LogP contribution in [0, 0.1) is 0 Å². The summed E-state index contributed by atoms with van der Waals surface area (Å²) >= 11 is 3.15. The zero-order chi connectivity index (χ0) is 18.4. The predicted molar refractivity (Wildman–Crippen MR) is 87.8 cm³/mol. The highest BCUT2D eigenvalue weighted by Crippen LogP contribution is 2.22. The number of phenols is 1. The molecule has 25 heavy (non-hydrogen) atoms. The van der Waals surface area contributed by atoms with Crippen LogP contribution in [0.15, 0.2) is 46.9 Å². The van der Waals surface area contributed by atoms with Crippen LogP contribution in [-0.2, 0) is 9.53 Å². The topological polar surface area (TPSA) is 84.9 Å². The van der Waals surface area contributed by atoms with Crippen molar-refractivity contribution in [1.82, 2.24) is 0 Å². The monoisotopic (exact) mass is 415 g/mol. The Hall–Kier alpha value is -2.68. The summed E-state index contributed by atoms with van der Waals surface area (Å²) in [6, 6.07) is 9.44. The van der Waals surface area contributed by atoms with Gasteiger partial charge in [0.05, 0.1) is 0 Å². The second-order valence-corrected chi connectivity index (χ2v) is 5.60. The molecule has 0 bridgehead atoms. The van der Waals surface area contributed by atoms with E-state index in [4.69, 9.17) is 4.74 Å². The second kappa shape index (κ2) is 8.43. The highest BCUT2D eigenvalue weighted by molar-refractivity contribution is 9.10. The highest BCUT2D eigenvalue weighted by Gasteiger charge is 2.15. The van der Waals surface area contributed by atoms with Gasteiger partial charge in [-0.1, -0.05) is 15.9 Å². The third kappa shape index (κ3) is 5.71. The quantitative estimate of drug-likeness (QED) is 0.704. The van der Waals surface area contributed by atoms with Crippen molar-refractivity contribution >= 4 is 33.5 Å². The number of ether oxygens (including phenoxy) is 2. The summed E-state index contributed by atoms with van der Waals surface area (Å²) in [4.78, 5) is 23.6. The van der Waals surface area contributed by atoms with Crippen LogP contribution in [0.1, 0.15) is 10.4 Å². The normalized spacial score (nSPS) is 10.4. The van der Waals surface area contributed by atoms with Gasteiger partial charge in [-0.2, -0.15) is 8.78 Å². The smallest absolute Gasteiger partial charge is 0.387 e. The first kappa shape index (κ1) is 18.7. The van der Waals surface area contributed by atoms with Gasteiger partial charge in [-0.15, -0.1) is 0 Å². The molecular formula is C16H12BrF2NO5. The number of aromatic hydroxyl groups is 1. The molecule has 0 aliphatic carbocycles. The number of nitrogens with one attached hydrogen (secondary N) is 1. The van der Waals surface area contributed by atoms with Gasteiger partial charge in [-0.3, -0.25) is 4.79 Å². The Balaban J connectivity index is 1.88. The van der Waals surface area contributed by atoms with Crippen LogP contribution in [0.3, 0.4) is 0 Å². The SMILES string of the molecule is O=C(COC(=O)c1cc(Br)ccc1O)Nc1ccc(OC(F)F)cc1. The molecule has 6 nitrogen and oxygen atoms in total. The number of halogens is 3. The Labute approximate surface area is 149 Å². The summed E-state index contributed by atoms with van der Waals surface area (Å²) in [5.74, 6) is -1.83. The van der Waals surface area contributed by atoms with Gasteiger partial charge in [0.2, 0.25) is 0 Å². The maximum atomic E-state index is 12.0. The average molecular weight is 416 g/mol. The lowest BCUT2D eigenvalue weighted by molar-refractivity contribution is -0.119. The van der Waals surface area contributed by atoms with Gasteiger partial charge in [0.15, 0.2) is 6.61 Å². The van der Waals surface area contributed by atoms with Crippen LogP contribution in [-0.4, -0.2) is 30.2 Å². The maximum absolute atomic E-state index is 12.0. The molecule has 0 saturated carbocycles. The lowest BCUT2D eigenvalue weighted by Gasteiger charge is -2.09. The molecule has 2 rings (SSSR count). The van der Waals surface area contributed by atoms with Crippen molar-refractivity contribution in [2.45, 2.75) is 6.61 Å². The number of benzene rings is 2. The van der Waals surface area contributed by atoms with Crippen LogP contribution >= 0.6 is 15.9 Å². The van der Waals surface area contributed by atoms with E-state index in [-0.39, 0.29) is 17.1 Å². The van der Waals surface area contributed by atoms with E-state index in [1.54, 1.807) is 6.07 Å². The van der Waals surface area contributed by atoms with Crippen molar-refractivity contribution in [3.8, 4) is 11.5 Å². The van der Waals surface area contributed by atoms with Crippen molar-refractivity contribution < 1.29 is 33.0 Å². The molecule has 2 aromatic rings. The van der Waals surface area contributed by atoms with E-state index in [1.165, 1.54) is 36.4 Å². The first-order chi connectivity index (χ1) is 11.8. The first-order valence-electron chi connectivity index (χ1n) is 6.85. The molecule has 0 radical (unpaired) electrons. The second-order valence-electron chi connectivity index (χ2n) is 4.69. The number of rotatable bonds is 6. The molecular weight excluding hydrogens is 404 g/mol. The Morgan fingerprint density at radius 2 is 1.84 bits per heavy atom. The molecule has 2 N–H and O–H groups in total. The molecule has 0 aliphatic heterocycles. The van der Waals surface area contributed by atoms with E-state index in [0.29, 0.717) is 10.2 Å². The summed E-state index contributed by atoms with van der Waals surface area (Å²) in [7, 11) is 0. The number of hydrogen-bond acceptors (Lipinski definition) is 5. The first-order valence-corrected chi connectivity index (χ1v) is 7.65. The molecule has 0 heterocycles. The zero-order valence-corrected chi connectivity index (χ0v) is 14.1. The van der Waals surface area contributed by atoms with Gasteiger partial charge in [0.25, 0.3) is 5.91 Å².